The molecule has 1 amide bonds. The highest BCUT2D eigenvalue weighted by molar-refractivity contribution is 5.97. The van der Waals surface area contributed by atoms with E-state index in [-0.39, 0.29) is 12.0 Å². The van der Waals surface area contributed by atoms with Crippen molar-refractivity contribution in [1.29, 1.82) is 0 Å². The van der Waals surface area contributed by atoms with E-state index >= 15 is 0 Å². The van der Waals surface area contributed by atoms with E-state index < -0.39 is 0 Å². The molecular weight excluding hydrogens is 292 g/mol. The predicted molar refractivity (Wildman–Crippen MR) is 90.1 cm³/mol. The zero-order valence-corrected chi connectivity index (χ0v) is 14.1. The number of carbonyl (C=O) groups excluding carboxylic acids is 1. The standard InChI is InChI=1S/C18H26N2O3/c1-3-19-10-11-23-17(13-19)18(21)20-9-5-4-6-14-12-15(22-2)7-8-16(14)20/h7-8,12,17H,3-6,9-11,13H2,1-2H3. The summed E-state index contributed by atoms with van der Waals surface area (Å²) in [4.78, 5) is 17.2. The van der Waals surface area contributed by atoms with Gasteiger partial charge in [-0.2, -0.15) is 0 Å². The monoisotopic (exact) mass is 318 g/mol. The van der Waals surface area contributed by atoms with E-state index in [9.17, 15) is 4.79 Å². The minimum absolute atomic E-state index is 0.0940. The van der Waals surface area contributed by atoms with E-state index in [1.807, 2.05) is 17.0 Å². The predicted octanol–water partition coefficient (Wildman–Crippen LogP) is 2.09. The Morgan fingerprint density at radius 2 is 2.22 bits per heavy atom. The molecule has 0 radical (unpaired) electrons. The van der Waals surface area contributed by atoms with Gasteiger partial charge in [-0.1, -0.05) is 6.92 Å². The number of likely N-dealkylation sites (N-methyl/N-ethyl adjacent to an activating group) is 1. The second-order valence-corrected chi connectivity index (χ2v) is 6.19. The van der Waals surface area contributed by atoms with E-state index in [1.165, 1.54) is 5.56 Å². The molecule has 1 fully saturated rings. The van der Waals surface area contributed by atoms with Gasteiger partial charge in [-0.3, -0.25) is 9.69 Å². The van der Waals surface area contributed by atoms with Gasteiger partial charge in [0.1, 0.15) is 11.9 Å². The maximum atomic E-state index is 13.0. The number of hydrogen-bond donors (Lipinski definition) is 0. The third kappa shape index (κ3) is 3.51. The molecule has 2 heterocycles. The number of morpholine rings is 1. The van der Waals surface area contributed by atoms with Crippen molar-refractivity contribution >= 4 is 11.6 Å². The lowest BCUT2D eigenvalue weighted by Gasteiger charge is -2.34. The lowest BCUT2D eigenvalue weighted by molar-refractivity contribution is -0.135. The summed E-state index contributed by atoms with van der Waals surface area (Å²) in [6.45, 7) is 6.09. The first-order valence-electron chi connectivity index (χ1n) is 8.55. The number of amides is 1. The highest BCUT2D eigenvalue weighted by Crippen LogP contribution is 2.30. The fourth-order valence-electron chi connectivity index (χ4n) is 3.40. The minimum atomic E-state index is -0.350. The third-order valence-electron chi connectivity index (χ3n) is 4.79. The van der Waals surface area contributed by atoms with Crippen molar-refractivity contribution in [2.45, 2.75) is 32.3 Å². The topological polar surface area (TPSA) is 42.0 Å². The van der Waals surface area contributed by atoms with Gasteiger partial charge in [0, 0.05) is 25.3 Å². The Bertz CT molecular complexity index is 561. The molecule has 3 rings (SSSR count). The van der Waals surface area contributed by atoms with Gasteiger partial charge < -0.3 is 14.4 Å². The van der Waals surface area contributed by atoms with Crippen LogP contribution in [0.5, 0.6) is 5.75 Å². The van der Waals surface area contributed by atoms with Crippen LogP contribution in [0.25, 0.3) is 0 Å². The number of anilines is 1. The SMILES string of the molecule is CCN1CCOC(C(=O)N2CCCCc3cc(OC)ccc32)C1. The van der Waals surface area contributed by atoms with Crippen LogP contribution < -0.4 is 9.64 Å². The van der Waals surface area contributed by atoms with E-state index in [1.54, 1.807) is 7.11 Å². The summed E-state index contributed by atoms with van der Waals surface area (Å²) in [5.41, 5.74) is 2.21. The number of aryl methyl sites for hydroxylation is 1. The Morgan fingerprint density at radius 3 is 3.00 bits per heavy atom. The van der Waals surface area contributed by atoms with Gasteiger partial charge in [0.15, 0.2) is 0 Å². The Hall–Kier alpha value is -1.59. The van der Waals surface area contributed by atoms with Crippen LogP contribution in [-0.4, -0.2) is 56.8 Å². The lowest BCUT2D eigenvalue weighted by Crippen LogP contribution is -2.51. The van der Waals surface area contributed by atoms with E-state index in [0.29, 0.717) is 13.2 Å². The Labute approximate surface area is 138 Å². The highest BCUT2D eigenvalue weighted by atomic mass is 16.5. The second-order valence-electron chi connectivity index (χ2n) is 6.19. The van der Waals surface area contributed by atoms with Gasteiger partial charge >= 0.3 is 0 Å². The summed E-state index contributed by atoms with van der Waals surface area (Å²) >= 11 is 0. The van der Waals surface area contributed by atoms with Gasteiger partial charge in [0.25, 0.3) is 5.91 Å². The summed E-state index contributed by atoms with van der Waals surface area (Å²) in [5.74, 6) is 0.945. The van der Waals surface area contributed by atoms with Crippen LogP contribution in [-0.2, 0) is 16.0 Å². The van der Waals surface area contributed by atoms with E-state index in [2.05, 4.69) is 17.9 Å². The van der Waals surface area contributed by atoms with Crippen molar-refractivity contribution in [1.82, 2.24) is 4.90 Å². The quantitative estimate of drug-likeness (QED) is 0.856. The molecule has 126 valence electrons. The maximum Gasteiger partial charge on any atom is 0.257 e. The van der Waals surface area contributed by atoms with Crippen LogP contribution >= 0.6 is 0 Å². The van der Waals surface area contributed by atoms with Crippen LogP contribution in [0, 0.1) is 0 Å². The molecule has 1 aromatic carbocycles. The Kier molecular flexibility index (Phi) is 5.18. The van der Waals surface area contributed by atoms with Crippen molar-refractivity contribution < 1.29 is 14.3 Å². The van der Waals surface area contributed by atoms with E-state index in [4.69, 9.17) is 9.47 Å². The molecule has 5 heteroatoms. The molecule has 1 saturated heterocycles. The molecule has 1 aromatic rings. The molecule has 0 aliphatic carbocycles. The van der Waals surface area contributed by atoms with Gasteiger partial charge in [-0.15, -0.1) is 0 Å². The van der Waals surface area contributed by atoms with Crippen molar-refractivity contribution in [2.24, 2.45) is 0 Å². The summed E-state index contributed by atoms with van der Waals surface area (Å²) in [5, 5.41) is 0. The third-order valence-corrected chi connectivity index (χ3v) is 4.79. The smallest absolute Gasteiger partial charge is 0.257 e. The highest BCUT2D eigenvalue weighted by Gasteiger charge is 2.32. The van der Waals surface area contributed by atoms with E-state index in [0.717, 1.165) is 50.3 Å². The second kappa shape index (κ2) is 7.32. The number of benzene rings is 1. The number of nitrogens with zero attached hydrogens (tertiary/aromatic N) is 2. The molecule has 0 N–H and O–H groups in total. The van der Waals surface area contributed by atoms with Crippen LogP contribution in [0.3, 0.4) is 0 Å². The molecule has 0 bridgehead atoms. The first-order valence-corrected chi connectivity index (χ1v) is 8.55. The van der Waals surface area contributed by atoms with Gasteiger partial charge in [-0.05, 0) is 49.6 Å². The average Bonchev–Trinajstić information content (AvgIpc) is 2.82. The van der Waals surface area contributed by atoms with Gasteiger partial charge in [0.05, 0.1) is 13.7 Å². The van der Waals surface area contributed by atoms with Gasteiger partial charge in [0.2, 0.25) is 0 Å². The average molecular weight is 318 g/mol. The maximum absolute atomic E-state index is 13.0. The fourth-order valence-corrected chi connectivity index (χ4v) is 3.40. The number of methoxy groups -OCH3 is 1. The largest absolute Gasteiger partial charge is 0.497 e. The van der Waals surface area contributed by atoms with Gasteiger partial charge in [-0.25, -0.2) is 0 Å². The molecule has 2 aliphatic heterocycles. The Morgan fingerprint density at radius 1 is 1.35 bits per heavy atom. The van der Waals surface area contributed by atoms with Crippen LogP contribution in [0.4, 0.5) is 5.69 Å². The number of hydrogen-bond acceptors (Lipinski definition) is 4. The lowest BCUT2D eigenvalue weighted by atomic mass is 10.1. The first kappa shape index (κ1) is 16.3. The van der Waals surface area contributed by atoms with Crippen molar-refractivity contribution in [3.63, 3.8) is 0 Å². The molecule has 0 spiro atoms. The number of carbonyl (C=O) groups is 1. The minimum Gasteiger partial charge on any atom is -0.497 e. The molecule has 23 heavy (non-hydrogen) atoms. The summed E-state index contributed by atoms with van der Waals surface area (Å²) in [7, 11) is 1.68. The summed E-state index contributed by atoms with van der Waals surface area (Å²) in [6.07, 6.45) is 2.75. The zero-order chi connectivity index (χ0) is 16.2. The molecule has 0 saturated carbocycles. The van der Waals surface area contributed by atoms with Crippen LogP contribution in [0.15, 0.2) is 18.2 Å². The van der Waals surface area contributed by atoms with Crippen molar-refractivity contribution in [2.75, 3.05) is 44.8 Å². The number of rotatable bonds is 3. The molecule has 2 aliphatic rings. The summed E-state index contributed by atoms with van der Waals surface area (Å²) in [6, 6.07) is 6.00. The van der Waals surface area contributed by atoms with Crippen molar-refractivity contribution in [3.8, 4) is 5.75 Å². The molecule has 1 atom stereocenters. The fraction of sp³-hybridized carbons (Fsp3) is 0.611. The number of ether oxygens (including phenoxy) is 2. The first-order chi connectivity index (χ1) is 11.2. The van der Waals surface area contributed by atoms with Crippen LogP contribution in [0.1, 0.15) is 25.3 Å². The van der Waals surface area contributed by atoms with Crippen molar-refractivity contribution in [3.05, 3.63) is 23.8 Å². The molecule has 0 aromatic heterocycles. The Balaban J connectivity index is 1.83. The molecule has 1 unspecified atom stereocenters. The normalized spacial score (nSPS) is 22.3. The zero-order valence-electron chi connectivity index (χ0n) is 14.1. The molecule has 5 nitrogen and oxygen atoms in total. The summed E-state index contributed by atoms with van der Waals surface area (Å²) < 4.78 is 11.1. The number of fused-ring (bicyclic) bond motifs is 1. The molecular formula is C18H26N2O3. The van der Waals surface area contributed by atoms with Crippen LogP contribution in [0.2, 0.25) is 0 Å².